The van der Waals surface area contributed by atoms with Crippen molar-refractivity contribution < 1.29 is 19.1 Å². The van der Waals surface area contributed by atoms with Gasteiger partial charge in [0.25, 0.3) is 0 Å². The van der Waals surface area contributed by atoms with E-state index < -0.39 is 5.41 Å². The lowest BCUT2D eigenvalue weighted by Crippen LogP contribution is -2.50. The number of esters is 1. The molecule has 4 aliphatic rings. The van der Waals surface area contributed by atoms with Crippen LogP contribution in [0.3, 0.4) is 0 Å². The highest BCUT2D eigenvalue weighted by Gasteiger charge is 2.55. The Bertz CT molecular complexity index is 1170. The highest BCUT2D eigenvalue weighted by Crippen LogP contribution is 2.52. The van der Waals surface area contributed by atoms with Crippen molar-refractivity contribution in [2.24, 2.45) is 11.3 Å². The molecule has 0 bridgehead atoms. The van der Waals surface area contributed by atoms with E-state index in [0.717, 1.165) is 56.0 Å². The molecule has 4 fully saturated rings. The van der Waals surface area contributed by atoms with E-state index in [1.807, 2.05) is 30.3 Å². The largest absolute Gasteiger partial charge is 0.465 e. The van der Waals surface area contributed by atoms with Crippen LogP contribution in [0.1, 0.15) is 24.0 Å². The molecule has 2 aromatic rings. The molecule has 1 amide bonds. The molecule has 3 unspecified atom stereocenters. The number of hydrogen-bond donors (Lipinski definition) is 1. The van der Waals surface area contributed by atoms with Crippen molar-refractivity contribution in [3.63, 3.8) is 0 Å². The fourth-order valence-corrected chi connectivity index (χ4v) is 6.71. The molecule has 4 atom stereocenters. The number of likely N-dealkylation sites (tertiary alicyclic amines) is 1. The molecule has 0 aromatic heterocycles. The molecule has 37 heavy (non-hydrogen) atoms. The Labute approximate surface area is 218 Å². The molecule has 194 valence electrons. The number of anilines is 1. The summed E-state index contributed by atoms with van der Waals surface area (Å²) in [5.74, 6) is 0.112. The Balaban J connectivity index is 1.03. The monoisotopic (exact) mass is 501 g/mol. The van der Waals surface area contributed by atoms with E-state index in [0.29, 0.717) is 32.0 Å². The second-order valence-electron chi connectivity index (χ2n) is 11.1. The van der Waals surface area contributed by atoms with Crippen molar-refractivity contribution >= 4 is 17.6 Å². The summed E-state index contributed by atoms with van der Waals surface area (Å²) in [4.78, 5) is 30.1. The third kappa shape index (κ3) is 4.96. The number of cyclic esters (lactones) is 1. The lowest BCUT2D eigenvalue weighted by molar-refractivity contribution is -0.146. The Morgan fingerprint density at radius 2 is 1.89 bits per heavy atom. The van der Waals surface area contributed by atoms with Gasteiger partial charge in [0.15, 0.2) is 0 Å². The van der Waals surface area contributed by atoms with Crippen molar-refractivity contribution in [1.82, 2.24) is 9.80 Å². The molecule has 7 nitrogen and oxygen atoms in total. The first-order chi connectivity index (χ1) is 18.0. The van der Waals surface area contributed by atoms with Gasteiger partial charge in [-0.25, -0.2) is 0 Å². The normalized spacial score (nSPS) is 29.7. The van der Waals surface area contributed by atoms with Crippen LogP contribution in [0.2, 0.25) is 0 Å². The molecule has 3 saturated heterocycles. The molecule has 0 spiro atoms. The van der Waals surface area contributed by atoms with Gasteiger partial charge in [0.1, 0.15) is 0 Å². The average Bonchev–Trinajstić information content (AvgIpc) is 3.53. The SMILES string of the molecule is C=C1CC2COC(=O)C2(Cc2ccc(NC(=O)CN3CC4OCCN(Cc5ccccc5)[C@@H]4C3)cc2)C1. The second kappa shape index (κ2) is 10.0. The third-order valence-electron chi connectivity index (χ3n) is 8.55. The van der Waals surface area contributed by atoms with Crippen molar-refractivity contribution in [2.75, 3.05) is 44.7 Å². The third-order valence-corrected chi connectivity index (χ3v) is 8.55. The Kier molecular flexibility index (Phi) is 6.61. The number of nitrogens with zero attached hydrogens (tertiary/aromatic N) is 2. The first kappa shape index (κ1) is 24.3. The van der Waals surface area contributed by atoms with Crippen LogP contribution in [-0.2, 0) is 32.0 Å². The van der Waals surface area contributed by atoms with Crippen LogP contribution in [0.5, 0.6) is 0 Å². The second-order valence-corrected chi connectivity index (χ2v) is 11.1. The van der Waals surface area contributed by atoms with E-state index in [-0.39, 0.29) is 23.9 Å². The van der Waals surface area contributed by atoms with Crippen molar-refractivity contribution in [3.05, 3.63) is 77.9 Å². The van der Waals surface area contributed by atoms with Crippen LogP contribution >= 0.6 is 0 Å². The van der Waals surface area contributed by atoms with Crippen molar-refractivity contribution in [3.8, 4) is 0 Å². The van der Waals surface area contributed by atoms with E-state index in [1.54, 1.807) is 0 Å². The van der Waals surface area contributed by atoms with E-state index in [9.17, 15) is 9.59 Å². The van der Waals surface area contributed by atoms with Gasteiger partial charge in [-0.1, -0.05) is 54.6 Å². The predicted molar refractivity (Wildman–Crippen MR) is 141 cm³/mol. The predicted octanol–water partition coefficient (Wildman–Crippen LogP) is 3.26. The molecular formula is C30H35N3O4. The molecule has 6 rings (SSSR count). The van der Waals surface area contributed by atoms with Crippen LogP contribution in [0.25, 0.3) is 0 Å². The van der Waals surface area contributed by atoms with Gasteiger partial charge in [-0.2, -0.15) is 0 Å². The number of allylic oxidation sites excluding steroid dienone is 1. The first-order valence-corrected chi connectivity index (χ1v) is 13.3. The van der Waals surface area contributed by atoms with Crippen LogP contribution in [0.4, 0.5) is 5.69 Å². The minimum atomic E-state index is -0.467. The zero-order chi connectivity index (χ0) is 25.4. The number of hydrogen-bond acceptors (Lipinski definition) is 6. The zero-order valence-electron chi connectivity index (χ0n) is 21.2. The molecule has 1 saturated carbocycles. The maximum Gasteiger partial charge on any atom is 0.313 e. The quantitative estimate of drug-likeness (QED) is 0.464. The Morgan fingerprint density at radius 1 is 1.08 bits per heavy atom. The molecule has 1 N–H and O–H groups in total. The average molecular weight is 502 g/mol. The number of amides is 1. The summed E-state index contributed by atoms with van der Waals surface area (Å²) in [7, 11) is 0. The molecule has 7 heteroatoms. The molecule has 1 aliphatic carbocycles. The molecule has 3 heterocycles. The number of nitrogens with one attached hydrogen (secondary N) is 1. The first-order valence-electron chi connectivity index (χ1n) is 13.3. The summed E-state index contributed by atoms with van der Waals surface area (Å²) in [5, 5.41) is 3.04. The molecule has 2 aromatic carbocycles. The van der Waals surface area contributed by atoms with Gasteiger partial charge in [-0.3, -0.25) is 19.4 Å². The summed E-state index contributed by atoms with van der Waals surface area (Å²) in [6.07, 6.45) is 2.37. The van der Waals surface area contributed by atoms with Crippen molar-refractivity contribution in [1.29, 1.82) is 0 Å². The fourth-order valence-electron chi connectivity index (χ4n) is 6.71. The van der Waals surface area contributed by atoms with Crippen LogP contribution < -0.4 is 5.32 Å². The lowest BCUT2D eigenvalue weighted by atomic mass is 9.75. The fraction of sp³-hybridized carbons (Fsp3) is 0.467. The smallest absolute Gasteiger partial charge is 0.313 e. The van der Waals surface area contributed by atoms with Gasteiger partial charge >= 0.3 is 5.97 Å². The van der Waals surface area contributed by atoms with E-state index in [2.05, 4.69) is 46.0 Å². The van der Waals surface area contributed by atoms with Gasteiger partial charge < -0.3 is 14.8 Å². The highest BCUT2D eigenvalue weighted by molar-refractivity contribution is 5.92. The number of carbonyl (C=O) groups excluding carboxylic acids is 2. The lowest BCUT2D eigenvalue weighted by Gasteiger charge is -2.37. The minimum absolute atomic E-state index is 0.0221. The van der Waals surface area contributed by atoms with Crippen LogP contribution in [-0.4, -0.2) is 73.2 Å². The summed E-state index contributed by atoms with van der Waals surface area (Å²) >= 11 is 0. The maximum atomic E-state index is 12.9. The number of ether oxygens (including phenoxy) is 2. The number of carbonyl (C=O) groups is 2. The molecule has 3 aliphatic heterocycles. The number of fused-ring (bicyclic) bond motifs is 2. The summed E-state index contributed by atoms with van der Waals surface area (Å²) in [6.45, 7) is 9.12. The van der Waals surface area contributed by atoms with Crippen LogP contribution in [0.15, 0.2) is 66.7 Å². The van der Waals surface area contributed by atoms with E-state index in [4.69, 9.17) is 9.47 Å². The van der Waals surface area contributed by atoms with Crippen LogP contribution in [0, 0.1) is 11.3 Å². The summed E-state index contributed by atoms with van der Waals surface area (Å²) < 4.78 is 11.5. The zero-order valence-corrected chi connectivity index (χ0v) is 21.2. The van der Waals surface area contributed by atoms with Gasteiger partial charge in [0.2, 0.25) is 5.91 Å². The number of morpholine rings is 1. The summed E-state index contributed by atoms with van der Waals surface area (Å²) in [5.41, 5.74) is 3.83. The minimum Gasteiger partial charge on any atom is -0.465 e. The highest BCUT2D eigenvalue weighted by atomic mass is 16.5. The Hall–Kier alpha value is -3.00. The van der Waals surface area contributed by atoms with E-state index >= 15 is 0 Å². The number of benzene rings is 2. The molecular weight excluding hydrogens is 466 g/mol. The van der Waals surface area contributed by atoms with E-state index in [1.165, 1.54) is 5.56 Å². The maximum absolute atomic E-state index is 12.9. The summed E-state index contributed by atoms with van der Waals surface area (Å²) in [6, 6.07) is 18.7. The van der Waals surface area contributed by atoms with Crippen molar-refractivity contribution in [2.45, 2.75) is 38.0 Å². The van der Waals surface area contributed by atoms with Gasteiger partial charge in [0, 0.05) is 37.8 Å². The standard InChI is InChI=1S/C30H35N3O4/c1-21-13-24-20-37-29(35)30(24,14-21)15-22-7-9-25(10-8-22)31-28(34)19-32-17-26-27(18-32)36-12-11-33(26)16-23-5-3-2-4-6-23/h2-10,24,26-27H,1,11-20H2,(H,31,34)/t24?,26-,27?,30?/m1/s1. The Morgan fingerprint density at radius 3 is 2.70 bits per heavy atom. The van der Waals surface area contributed by atoms with Gasteiger partial charge in [-0.15, -0.1) is 0 Å². The molecule has 0 radical (unpaired) electrons. The number of rotatable bonds is 7. The van der Waals surface area contributed by atoms with Gasteiger partial charge in [-0.05, 0) is 42.5 Å². The topological polar surface area (TPSA) is 71.1 Å². The van der Waals surface area contributed by atoms with Gasteiger partial charge in [0.05, 0.1) is 37.3 Å².